The van der Waals surface area contributed by atoms with E-state index in [2.05, 4.69) is 17.3 Å². The van der Waals surface area contributed by atoms with Gasteiger partial charge in [0.1, 0.15) is 0 Å². The molecule has 21 heavy (non-hydrogen) atoms. The van der Waals surface area contributed by atoms with E-state index < -0.39 is 0 Å². The molecule has 1 aliphatic rings. The van der Waals surface area contributed by atoms with Crippen molar-refractivity contribution < 1.29 is 4.79 Å². The van der Waals surface area contributed by atoms with Gasteiger partial charge in [0.25, 0.3) is 0 Å². The first-order valence-electron chi connectivity index (χ1n) is 7.64. The summed E-state index contributed by atoms with van der Waals surface area (Å²) in [6.45, 7) is 2.95. The van der Waals surface area contributed by atoms with Crippen molar-refractivity contribution in [1.29, 1.82) is 0 Å². The van der Waals surface area contributed by atoms with Crippen LogP contribution in [0.3, 0.4) is 0 Å². The minimum Gasteiger partial charge on any atom is -0.352 e. The molecule has 2 aromatic rings. The van der Waals surface area contributed by atoms with Crippen molar-refractivity contribution in [2.45, 2.75) is 44.7 Å². The summed E-state index contributed by atoms with van der Waals surface area (Å²) in [7, 11) is 0. The van der Waals surface area contributed by atoms with Crippen LogP contribution in [0.15, 0.2) is 42.6 Å². The van der Waals surface area contributed by atoms with Crippen LogP contribution in [0.4, 0.5) is 0 Å². The maximum atomic E-state index is 12.6. The van der Waals surface area contributed by atoms with E-state index >= 15 is 0 Å². The molecule has 0 fully saturated rings. The second-order valence-electron chi connectivity index (χ2n) is 5.62. The molecule has 2 atom stereocenters. The Balaban J connectivity index is 1.66. The number of benzene rings is 1. The van der Waals surface area contributed by atoms with Crippen LogP contribution in [0.25, 0.3) is 0 Å². The minimum absolute atomic E-state index is 0.0574. The van der Waals surface area contributed by atoms with Gasteiger partial charge in [-0.3, -0.25) is 9.48 Å². The number of nitrogens with one attached hydrogen (secondary N) is 1. The second kappa shape index (κ2) is 6.12. The van der Waals surface area contributed by atoms with E-state index in [0.29, 0.717) is 0 Å². The molecule has 1 amide bonds. The van der Waals surface area contributed by atoms with E-state index in [0.717, 1.165) is 31.4 Å². The number of aromatic nitrogens is 2. The lowest BCUT2D eigenvalue weighted by Crippen LogP contribution is -2.42. The third kappa shape index (κ3) is 2.99. The number of amides is 1. The molecule has 0 unspecified atom stereocenters. The molecule has 4 heteroatoms. The summed E-state index contributed by atoms with van der Waals surface area (Å²) in [5.41, 5.74) is 2.30. The third-order valence-electron chi connectivity index (χ3n) is 4.22. The SMILES string of the molecule is CC[C@@H](C(=O)N[C@H]1CCn2nccc2C1)c1ccccc1. The largest absolute Gasteiger partial charge is 0.352 e. The maximum Gasteiger partial charge on any atom is 0.227 e. The number of nitrogens with zero attached hydrogens (tertiary/aromatic N) is 2. The van der Waals surface area contributed by atoms with Gasteiger partial charge in [-0.1, -0.05) is 37.3 Å². The lowest BCUT2D eigenvalue weighted by molar-refractivity contribution is -0.123. The van der Waals surface area contributed by atoms with E-state index in [4.69, 9.17) is 0 Å². The Labute approximate surface area is 125 Å². The molecule has 2 heterocycles. The van der Waals surface area contributed by atoms with Crippen molar-refractivity contribution in [3.63, 3.8) is 0 Å². The number of hydrogen-bond acceptors (Lipinski definition) is 2. The van der Waals surface area contributed by atoms with Crippen LogP contribution in [0.5, 0.6) is 0 Å². The predicted octanol–water partition coefficient (Wildman–Crippen LogP) is 2.51. The van der Waals surface area contributed by atoms with Crippen LogP contribution in [-0.4, -0.2) is 21.7 Å². The number of rotatable bonds is 4. The molecule has 4 nitrogen and oxygen atoms in total. The van der Waals surface area contributed by atoms with Crippen molar-refractivity contribution in [1.82, 2.24) is 15.1 Å². The fourth-order valence-corrected chi connectivity index (χ4v) is 3.05. The molecular weight excluding hydrogens is 262 g/mol. The molecule has 1 aliphatic heterocycles. The summed E-state index contributed by atoms with van der Waals surface area (Å²) < 4.78 is 2.02. The van der Waals surface area contributed by atoms with Gasteiger partial charge in [0.2, 0.25) is 5.91 Å². The highest BCUT2D eigenvalue weighted by atomic mass is 16.1. The van der Waals surface area contributed by atoms with E-state index in [-0.39, 0.29) is 17.9 Å². The Morgan fingerprint density at radius 3 is 2.95 bits per heavy atom. The van der Waals surface area contributed by atoms with Crippen LogP contribution in [0.2, 0.25) is 0 Å². The monoisotopic (exact) mass is 283 g/mol. The van der Waals surface area contributed by atoms with Gasteiger partial charge in [0.15, 0.2) is 0 Å². The molecule has 0 spiro atoms. The molecular formula is C17H21N3O. The van der Waals surface area contributed by atoms with Gasteiger partial charge in [0.05, 0.1) is 5.92 Å². The molecule has 0 saturated heterocycles. The molecule has 110 valence electrons. The van der Waals surface area contributed by atoms with Crippen molar-refractivity contribution in [3.8, 4) is 0 Å². The number of hydrogen-bond donors (Lipinski definition) is 1. The smallest absolute Gasteiger partial charge is 0.227 e. The zero-order valence-electron chi connectivity index (χ0n) is 12.3. The molecule has 1 aromatic heterocycles. The summed E-state index contributed by atoms with van der Waals surface area (Å²) in [4.78, 5) is 12.6. The average Bonchev–Trinajstić information content (AvgIpc) is 2.96. The van der Waals surface area contributed by atoms with Crippen molar-refractivity contribution in [3.05, 3.63) is 53.9 Å². The third-order valence-corrected chi connectivity index (χ3v) is 4.22. The fourth-order valence-electron chi connectivity index (χ4n) is 3.05. The highest BCUT2D eigenvalue weighted by Gasteiger charge is 2.24. The number of fused-ring (bicyclic) bond motifs is 1. The van der Waals surface area contributed by atoms with Crippen molar-refractivity contribution in [2.24, 2.45) is 0 Å². The van der Waals surface area contributed by atoms with E-state index in [1.54, 1.807) is 0 Å². The lowest BCUT2D eigenvalue weighted by Gasteiger charge is -2.26. The molecule has 1 aromatic carbocycles. The van der Waals surface area contributed by atoms with E-state index in [1.807, 2.05) is 47.3 Å². The van der Waals surface area contributed by atoms with Gasteiger partial charge in [0, 0.05) is 30.9 Å². The highest BCUT2D eigenvalue weighted by Crippen LogP contribution is 2.21. The Bertz CT molecular complexity index is 606. The number of carbonyl (C=O) groups excluding carboxylic acids is 1. The van der Waals surface area contributed by atoms with Gasteiger partial charge >= 0.3 is 0 Å². The highest BCUT2D eigenvalue weighted by molar-refractivity contribution is 5.83. The molecule has 0 saturated carbocycles. The molecule has 0 bridgehead atoms. The Morgan fingerprint density at radius 1 is 1.38 bits per heavy atom. The Hall–Kier alpha value is -2.10. The zero-order valence-corrected chi connectivity index (χ0v) is 12.3. The van der Waals surface area contributed by atoms with Crippen LogP contribution in [0.1, 0.15) is 36.9 Å². The number of carbonyl (C=O) groups is 1. The first-order chi connectivity index (χ1) is 10.3. The molecule has 0 aliphatic carbocycles. The number of aryl methyl sites for hydroxylation is 1. The van der Waals surface area contributed by atoms with E-state index in [1.165, 1.54) is 5.69 Å². The van der Waals surface area contributed by atoms with Crippen LogP contribution < -0.4 is 5.32 Å². The van der Waals surface area contributed by atoms with Gasteiger partial charge in [-0.15, -0.1) is 0 Å². The summed E-state index contributed by atoms with van der Waals surface area (Å²) in [5.74, 6) is 0.0831. The van der Waals surface area contributed by atoms with Gasteiger partial charge in [-0.25, -0.2) is 0 Å². The molecule has 0 radical (unpaired) electrons. The van der Waals surface area contributed by atoms with E-state index in [9.17, 15) is 4.79 Å². The summed E-state index contributed by atoms with van der Waals surface area (Å²) in [5, 5.41) is 7.49. The van der Waals surface area contributed by atoms with Gasteiger partial charge in [-0.05, 0) is 24.5 Å². The fraction of sp³-hybridized carbons (Fsp3) is 0.412. The first-order valence-corrected chi connectivity index (χ1v) is 7.64. The zero-order chi connectivity index (χ0) is 14.7. The normalized spacial score (nSPS) is 18.8. The van der Waals surface area contributed by atoms with Crippen LogP contribution in [-0.2, 0) is 17.8 Å². The van der Waals surface area contributed by atoms with Crippen LogP contribution >= 0.6 is 0 Å². The van der Waals surface area contributed by atoms with Gasteiger partial charge < -0.3 is 5.32 Å². The standard InChI is InChI=1S/C17H21N3O/c1-2-16(13-6-4-3-5-7-13)17(21)19-14-9-11-20-15(12-14)8-10-18-20/h3-8,10,14,16H,2,9,11-12H2,1H3,(H,19,21)/t14-,16+/m0/s1. The minimum atomic E-state index is -0.0574. The van der Waals surface area contributed by atoms with Crippen molar-refractivity contribution in [2.75, 3.05) is 0 Å². The second-order valence-corrected chi connectivity index (χ2v) is 5.62. The van der Waals surface area contributed by atoms with Gasteiger partial charge in [-0.2, -0.15) is 5.10 Å². The topological polar surface area (TPSA) is 46.9 Å². The Morgan fingerprint density at radius 2 is 2.19 bits per heavy atom. The maximum absolute atomic E-state index is 12.6. The Kier molecular flexibility index (Phi) is 4.04. The summed E-state index contributed by atoms with van der Waals surface area (Å²) in [6, 6.07) is 12.3. The van der Waals surface area contributed by atoms with Crippen molar-refractivity contribution >= 4 is 5.91 Å². The quantitative estimate of drug-likeness (QED) is 0.937. The average molecular weight is 283 g/mol. The molecule has 1 N–H and O–H groups in total. The first kappa shape index (κ1) is 13.9. The van der Waals surface area contributed by atoms with Crippen LogP contribution in [0, 0.1) is 0 Å². The lowest BCUT2D eigenvalue weighted by atomic mass is 9.94. The summed E-state index contributed by atoms with van der Waals surface area (Å²) in [6.07, 6.45) is 4.47. The summed E-state index contributed by atoms with van der Waals surface area (Å²) >= 11 is 0. The molecule has 3 rings (SSSR count). The predicted molar refractivity (Wildman–Crippen MR) is 82.0 cm³/mol.